The van der Waals surface area contributed by atoms with Crippen LogP contribution in [0.2, 0.25) is 118 Å². The Bertz CT molecular complexity index is 2150. The first kappa shape index (κ1) is 68.9. The molecule has 1 heterocycles. The molecular weight excluding hydrogens is 1230 g/mol. The van der Waals surface area contributed by atoms with E-state index in [1.54, 1.807) is 96.3 Å². The maximum atomic E-state index is 7.59. The van der Waals surface area contributed by atoms with E-state index >= 15 is 0 Å². The third-order valence-electron chi connectivity index (χ3n) is 18.5. The third kappa shape index (κ3) is 16.5. The maximum absolute atomic E-state index is 7.59. The van der Waals surface area contributed by atoms with E-state index in [4.69, 9.17) is 28.2 Å². The molecule has 16 heteroatoms. The second kappa shape index (κ2) is 28.1. The van der Waals surface area contributed by atoms with Crippen LogP contribution in [0.15, 0.2) is 54.6 Å². The fourth-order valence-corrected chi connectivity index (χ4v) is 211. The van der Waals surface area contributed by atoms with E-state index in [0.29, 0.717) is 0 Å². The predicted molar refractivity (Wildman–Crippen MR) is 376 cm³/mol. The molecule has 0 N–H and O–H groups in total. The quantitative estimate of drug-likeness (QED) is 0.0811. The van der Waals surface area contributed by atoms with E-state index in [0.717, 1.165) is 30.2 Å². The van der Waals surface area contributed by atoms with Crippen LogP contribution in [0.5, 0.6) is 11.5 Å². The number of aryl methyl sites for hydroxylation is 4. The Morgan fingerprint density at radius 3 is 0.962 bits per heavy atom. The van der Waals surface area contributed by atoms with Gasteiger partial charge in [-0.3, -0.25) is 0 Å². The molecule has 4 fully saturated rings. The molecule has 0 amide bonds. The van der Waals surface area contributed by atoms with Crippen LogP contribution in [-0.2, 0) is 13.5 Å². The Balaban J connectivity index is 0.000000309. The van der Waals surface area contributed by atoms with Gasteiger partial charge in [0.05, 0.1) is 62.5 Å². The number of anilines is 2. The van der Waals surface area contributed by atoms with E-state index in [9.17, 15) is 0 Å². The monoisotopic (exact) mass is 1350 g/mol. The fraction of sp³-hybridized carbons (Fsp3) is 0.677. The Labute approximate surface area is 502 Å². The molecule has 78 heavy (non-hydrogen) atoms. The number of benzene rings is 3. The van der Waals surface area contributed by atoms with Gasteiger partial charge in [0.2, 0.25) is 13.7 Å². The zero-order chi connectivity index (χ0) is 58.5. The summed E-state index contributed by atoms with van der Waals surface area (Å²) < 4.78 is 17.1. The van der Waals surface area contributed by atoms with Gasteiger partial charge in [-0.2, -0.15) is 6.67 Å². The molecule has 3 aromatic carbocycles. The molecule has 3 aromatic rings. The summed E-state index contributed by atoms with van der Waals surface area (Å²) in [5.74, 6) is 2.26. The predicted octanol–water partition coefficient (Wildman–Crippen LogP) is 20.5. The summed E-state index contributed by atoms with van der Waals surface area (Å²) in [4.78, 5) is 4.97. The molecule has 0 bridgehead atoms. The van der Waals surface area contributed by atoms with Crippen molar-refractivity contribution in [2.24, 2.45) is 0 Å². The number of hydrogen-bond acceptors (Lipinski definition) is 4. The Morgan fingerprint density at radius 1 is 0.449 bits per heavy atom. The zero-order valence-corrected chi connectivity index (χ0v) is 66.2. The average molecular weight is 1350 g/mol. The van der Waals surface area contributed by atoms with Crippen molar-refractivity contribution in [3.8, 4) is 11.5 Å². The second-order valence-electron chi connectivity index (χ2n) is 30.6. The second-order valence-corrected chi connectivity index (χ2v) is 119. The molecule has 3 aliphatic carbocycles. The van der Waals surface area contributed by atoms with E-state index in [2.05, 4.69) is 186 Å². The average Bonchev–Trinajstić information content (AvgIpc) is 3.80. The molecule has 0 atom stereocenters. The molecular formula is C62H115Cl2N2O2PRuSi8. The summed E-state index contributed by atoms with van der Waals surface area (Å²) in [6.45, 7) is 56.4. The molecule has 4 nitrogen and oxygen atoms in total. The first-order valence-electron chi connectivity index (χ1n) is 30.7. The van der Waals surface area contributed by atoms with Gasteiger partial charge in [-0.25, -0.2) is 0 Å². The molecule has 4 aliphatic rings. The van der Waals surface area contributed by atoms with Crippen molar-refractivity contribution >= 4 is 103 Å². The van der Waals surface area contributed by atoms with Crippen LogP contribution in [0, 0.1) is 34.4 Å². The fourth-order valence-electron chi connectivity index (χ4n) is 17.6. The molecule has 3 saturated carbocycles. The standard InChI is InChI=1S/C37H75N2O2Si8.C18H33P.C7H6.2ClH.Ru/c1-30-25-34(40-48(42(5,6)7,43(8,9)10)44(11,12)13)26-31(2)36(30)38-23-24-39(29-38)37-32(3)27-35(28-33(37)4)41-49(45(14,15)16,46(17,18)19)47(20,21)22;1-4-10-16(11-5-1)19(17-12-6-2-7-13-17)18-14-8-3-9-15-18;1-7-5-3-2-4-6-7;;;/h25-29H,23-24H2,1-22H3;16-18H,1-15H2;1-6H;2*1H;/q-1;;;;;+2/p-1. The van der Waals surface area contributed by atoms with Gasteiger partial charge in [0.1, 0.15) is 11.5 Å². The van der Waals surface area contributed by atoms with Crippen LogP contribution in [-0.4, -0.2) is 94.0 Å². The Kier molecular flexibility index (Phi) is 24.8. The molecule has 7 rings (SSSR count). The van der Waals surface area contributed by atoms with Crippen LogP contribution in [0.4, 0.5) is 11.4 Å². The molecule has 1 aliphatic heterocycles. The summed E-state index contributed by atoms with van der Waals surface area (Å²) in [5, 5.41) is 0. The molecule has 0 unspecified atom stereocenters. The first-order valence-corrected chi connectivity index (χ1v) is 68.7. The molecule has 1 saturated heterocycles. The molecule has 0 radical (unpaired) electrons. The topological polar surface area (TPSA) is 24.9 Å². The van der Waals surface area contributed by atoms with E-state index in [1.807, 2.05) is 34.9 Å². The van der Waals surface area contributed by atoms with Gasteiger partial charge >= 0.3 is 73.4 Å². The number of hydrogen-bond donors (Lipinski definition) is 0. The minimum atomic E-state index is -1.97. The number of rotatable bonds is 16. The van der Waals surface area contributed by atoms with Crippen LogP contribution in [0.1, 0.15) is 124 Å². The summed E-state index contributed by atoms with van der Waals surface area (Å²) in [5.41, 5.74) is 12.7. The molecule has 444 valence electrons. The normalized spacial score (nSPS) is 18.5. The van der Waals surface area contributed by atoms with Gasteiger partial charge in [0, 0.05) is 32.4 Å². The van der Waals surface area contributed by atoms with Gasteiger partial charge in [-0.1, -0.05) is 137 Å². The van der Waals surface area contributed by atoms with Gasteiger partial charge in [-0.05, 0) is 151 Å². The van der Waals surface area contributed by atoms with Crippen LogP contribution < -0.4 is 18.7 Å². The van der Waals surface area contributed by atoms with E-state index in [1.165, 1.54) is 50.6 Å². The summed E-state index contributed by atoms with van der Waals surface area (Å²) in [6.07, 6.45) is 23.8. The van der Waals surface area contributed by atoms with Gasteiger partial charge in [0.25, 0.3) is 0 Å². The van der Waals surface area contributed by atoms with Crippen molar-refractivity contribution in [2.75, 3.05) is 22.9 Å². The van der Waals surface area contributed by atoms with Gasteiger partial charge in [-0.15, -0.1) is 0 Å². The third-order valence-corrected chi connectivity index (χ3v) is 160. The van der Waals surface area contributed by atoms with Crippen molar-refractivity contribution < 1.29 is 22.4 Å². The zero-order valence-electron chi connectivity index (χ0n) is 53.9. The molecule has 0 spiro atoms. The van der Waals surface area contributed by atoms with Crippen molar-refractivity contribution in [1.82, 2.24) is 0 Å². The SMILES string of the molecule is C1CCC([PH+](C2CCCCC2)C2CCCCC2)CC1.Cc1cc(O[Si]([Si](C)(C)C)([Si](C)(C)C)[Si](C)(C)C)cc(C)c1N1[CH-]N(c2c(C)cc(O[Si]([Si](C)(C)C)([Si](C)(C)C)[Si](C)(C)C)cc2C)CC1.[Cl][Ru]([Cl])=[CH]c1ccccc1. The van der Waals surface area contributed by atoms with E-state index < -0.39 is 72.8 Å². The summed E-state index contributed by atoms with van der Waals surface area (Å²) >= 11 is -1.61. The summed E-state index contributed by atoms with van der Waals surface area (Å²) in [6, 6.07) is 19.4. The minimum absolute atomic E-state index is 0.0465. The number of nitrogens with zero attached hydrogens (tertiary/aromatic N) is 2. The van der Waals surface area contributed by atoms with Crippen molar-refractivity contribution in [3.63, 3.8) is 0 Å². The van der Waals surface area contributed by atoms with Gasteiger partial charge < -0.3 is 18.7 Å². The van der Waals surface area contributed by atoms with Crippen molar-refractivity contribution in [3.05, 3.63) is 89.1 Å². The molecule has 0 aromatic heterocycles. The Hall–Kier alpha value is 0.0984. The van der Waals surface area contributed by atoms with Crippen LogP contribution >= 0.6 is 27.3 Å². The van der Waals surface area contributed by atoms with Gasteiger partial charge in [0.15, 0.2) is 0 Å². The Morgan fingerprint density at radius 2 is 0.718 bits per heavy atom. The van der Waals surface area contributed by atoms with E-state index in [-0.39, 0.29) is 7.92 Å². The number of halogens is 2. The summed E-state index contributed by atoms with van der Waals surface area (Å²) in [7, 11) is 1.97. The van der Waals surface area contributed by atoms with Crippen molar-refractivity contribution in [1.29, 1.82) is 0 Å². The van der Waals surface area contributed by atoms with Crippen LogP contribution in [0.25, 0.3) is 0 Å². The van der Waals surface area contributed by atoms with Crippen LogP contribution in [0.3, 0.4) is 0 Å². The first-order chi connectivity index (χ1) is 36.0. The van der Waals surface area contributed by atoms with Crippen molar-refractivity contribution in [2.45, 2.75) is 259 Å².